The van der Waals surface area contributed by atoms with Crippen LogP contribution in [0.25, 0.3) is 27.6 Å². The molecule has 0 amide bonds. The van der Waals surface area contributed by atoms with E-state index in [4.69, 9.17) is 23.2 Å². The van der Waals surface area contributed by atoms with Gasteiger partial charge in [0, 0.05) is 15.7 Å². The highest BCUT2D eigenvalue weighted by molar-refractivity contribution is 6.34. The van der Waals surface area contributed by atoms with Crippen LogP contribution in [0.1, 0.15) is 18.7 Å². The summed E-state index contributed by atoms with van der Waals surface area (Å²) in [6, 6.07) is 10.6. The molecule has 0 aliphatic carbocycles. The third-order valence-electron chi connectivity index (χ3n) is 5.14. The summed E-state index contributed by atoms with van der Waals surface area (Å²) in [6.07, 6.45) is 2.94. The number of hydrogen-bond donors (Lipinski definition) is 2. The van der Waals surface area contributed by atoms with Crippen molar-refractivity contribution in [3.8, 4) is 5.69 Å². The fraction of sp³-hybridized carbons (Fsp3) is 0.0909. The van der Waals surface area contributed by atoms with Crippen molar-refractivity contribution in [1.29, 1.82) is 0 Å². The molecule has 7 nitrogen and oxygen atoms in total. The van der Waals surface area contributed by atoms with E-state index in [2.05, 4.69) is 25.3 Å². The SMILES string of the molecule is C[C@H](Nc1ncnc2[nH]cnc12)c1cc2cccc(F)c2c(=O)n1-c1cc(Cl)cc(Cl)c1. The van der Waals surface area contributed by atoms with Gasteiger partial charge in [-0.1, -0.05) is 35.3 Å². The van der Waals surface area contributed by atoms with E-state index in [0.717, 1.165) is 0 Å². The fourth-order valence-electron chi connectivity index (χ4n) is 3.74. The first kappa shape index (κ1) is 20.4. The van der Waals surface area contributed by atoms with Crippen molar-refractivity contribution in [3.05, 3.63) is 87.0 Å². The zero-order valence-electron chi connectivity index (χ0n) is 16.6. The molecule has 5 rings (SSSR count). The first-order valence-corrected chi connectivity index (χ1v) is 10.4. The quantitative estimate of drug-likeness (QED) is 0.374. The number of anilines is 1. The van der Waals surface area contributed by atoms with Crippen LogP contribution in [0.3, 0.4) is 0 Å². The molecule has 0 aliphatic rings. The second-order valence-corrected chi connectivity index (χ2v) is 8.10. The highest BCUT2D eigenvalue weighted by Gasteiger charge is 2.20. The zero-order chi connectivity index (χ0) is 22.4. The number of aromatic amines is 1. The van der Waals surface area contributed by atoms with Gasteiger partial charge in [-0.05, 0) is 42.6 Å². The third kappa shape index (κ3) is 3.47. The summed E-state index contributed by atoms with van der Waals surface area (Å²) in [5.74, 6) is -0.109. The molecule has 10 heteroatoms. The maximum absolute atomic E-state index is 14.6. The molecule has 0 saturated heterocycles. The van der Waals surface area contributed by atoms with Crippen molar-refractivity contribution < 1.29 is 4.39 Å². The lowest BCUT2D eigenvalue weighted by Gasteiger charge is -2.21. The maximum atomic E-state index is 14.6. The number of benzene rings is 2. The first-order valence-electron chi connectivity index (χ1n) is 9.63. The predicted octanol–water partition coefficient (Wildman–Crippen LogP) is 5.28. The number of aromatic nitrogens is 5. The van der Waals surface area contributed by atoms with Crippen LogP contribution >= 0.6 is 23.2 Å². The summed E-state index contributed by atoms with van der Waals surface area (Å²) < 4.78 is 16.0. The average Bonchev–Trinajstić information content (AvgIpc) is 3.22. The summed E-state index contributed by atoms with van der Waals surface area (Å²) in [5, 5.41) is 4.46. The molecule has 5 aromatic rings. The lowest BCUT2D eigenvalue weighted by Crippen LogP contribution is -2.26. The molecule has 2 N–H and O–H groups in total. The van der Waals surface area contributed by atoms with Gasteiger partial charge in [0.2, 0.25) is 0 Å². The van der Waals surface area contributed by atoms with Crippen molar-refractivity contribution in [2.75, 3.05) is 5.32 Å². The fourth-order valence-corrected chi connectivity index (χ4v) is 4.26. The van der Waals surface area contributed by atoms with Gasteiger partial charge >= 0.3 is 0 Å². The van der Waals surface area contributed by atoms with Crippen molar-refractivity contribution >= 4 is 51.0 Å². The van der Waals surface area contributed by atoms with E-state index in [1.807, 2.05) is 6.92 Å². The second kappa shape index (κ2) is 7.89. The average molecular weight is 469 g/mol. The van der Waals surface area contributed by atoms with Crippen LogP contribution < -0.4 is 10.9 Å². The van der Waals surface area contributed by atoms with Crippen molar-refractivity contribution in [3.63, 3.8) is 0 Å². The molecule has 0 radical (unpaired) electrons. The minimum absolute atomic E-state index is 0.0173. The van der Waals surface area contributed by atoms with E-state index in [0.29, 0.717) is 43.8 Å². The minimum Gasteiger partial charge on any atom is -0.360 e. The third-order valence-corrected chi connectivity index (χ3v) is 5.58. The lowest BCUT2D eigenvalue weighted by atomic mass is 10.1. The summed E-state index contributed by atoms with van der Waals surface area (Å²) >= 11 is 12.4. The number of nitrogens with zero attached hydrogens (tertiary/aromatic N) is 4. The summed E-state index contributed by atoms with van der Waals surface area (Å²) in [6.45, 7) is 1.86. The van der Waals surface area contributed by atoms with Crippen molar-refractivity contribution in [2.45, 2.75) is 13.0 Å². The van der Waals surface area contributed by atoms with Crippen LogP contribution in [0, 0.1) is 5.82 Å². The van der Waals surface area contributed by atoms with Crippen LogP contribution in [0.5, 0.6) is 0 Å². The van der Waals surface area contributed by atoms with E-state index in [-0.39, 0.29) is 5.39 Å². The van der Waals surface area contributed by atoms with Gasteiger partial charge in [0.15, 0.2) is 11.5 Å². The Kier molecular flexibility index (Phi) is 5.03. The Hall–Kier alpha value is -3.49. The smallest absolute Gasteiger partial charge is 0.266 e. The topological polar surface area (TPSA) is 88.5 Å². The highest BCUT2D eigenvalue weighted by atomic mass is 35.5. The maximum Gasteiger partial charge on any atom is 0.266 e. The van der Waals surface area contributed by atoms with Gasteiger partial charge in [0.05, 0.1) is 23.4 Å². The molecule has 3 aromatic heterocycles. The van der Waals surface area contributed by atoms with Crippen LogP contribution in [-0.4, -0.2) is 24.5 Å². The Morgan fingerprint density at radius 1 is 1.09 bits per heavy atom. The Bertz CT molecular complexity index is 1530. The van der Waals surface area contributed by atoms with Crippen molar-refractivity contribution in [1.82, 2.24) is 24.5 Å². The van der Waals surface area contributed by atoms with Gasteiger partial charge in [-0.25, -0.2) is 19.3 Å². The molecule has 32 heavy (non-hydrogen) atoms. The number of rotatable bonds is 4. The van der Waals surface area contributed by atoms with Crippen LogP contribution in [-0.2, 0) is 0 Å². The number of nitrogens with one attached hydrogen (secondary N) is 2. The number of halogens is 3. The molecular weight excluding hydrogens is 454 g/mol. The van der Waals surface area contributed by atoms with Gasteiger partial charge in [0.25, 0.3) is 5.56 Å². The van der Waals surface area contributed by atoms with Crippen molar-refractivity contribution in [2.24, 2.45) is 0 Å². The summed E-state index contributed by atoms with van der Waals surface area (Å²) in [5.41, 5.74) is 1.61. The number of fused-ring (bicyclic) bond motifs is 2. The van der Waals surface area contributed by atoms with E-state index >= 15 is 0 Å². The molecule has 0 aliphatic heterocycles. The van der Waals surface area contributed by atoms with Gasteiger partial charge in [-0.2, -0.15) is 0 Å². The summed E-state index contributed by atoms with van der Waals surface area (Å²) in [7, 11) is 0. The van der Waals surface area contributed by atoms with E-state index in [1.54, 1.807) is 36.4 Å². The number of imidazole rings is 1. The minimum atomic E-state index is -0.601. The first-order chi connectivity index (χ1) is 15.4. The molecule has 160 valence electrons. The largest absolute Gasteiger partial charge is 0.360 e. The molecule has 3 heterocycles. The molecule has 2 aromatic carbocycles. The van der Waals surface area contributed by atoms with E-state index < -0.39 is 17.4 Å². The summed E-state index contributed by atoms with van der Waals surface area (Å²) in [4.78, 5) is 29.1. The number of hydrogen-bond acceptors (Lipinski definition) is 5. The van der Waals surface area contributed by atoms with Gasteiger partial charge in [0.1, 0.15) is 17.7 Å². The van der Waals surface area contributed by atoms with Gasteiger partial charge < -0.3 is 10.3 Å². The molecule has 0 spiro atoms. The monoisotopic (exact) mass is 468 g/mol. The Morgan fingerprint density at radius 2 is 1.88 bits per heavy atom. The molecule has 0 fully saturated rings. The lowest BCUT2D eigenvalue weighted by molar-refractivity contribution is 0.637. The molecule has 0 unspecified atom stereocenters. The number of pyridine rings is 1. The standard InChI is InChI=1S/C22H15Cl2FN6O/c1-11(30-21-19-20(27-9-26-19)28-10-29-21)17-5-12-3-2-4-16(25)18(12)22(32)31(17)15-7-13(23)6-14(24)8-15/h2-11H,1H3,(H2,26,27,28,29,30)/t11-/m0/s1. The molecule has 1 atom stereocenters. The Labute approximate surface area is 190 Å². The normalized spacial score (nSPS) is 12.4. The molecular formula is C22H15Cl2FN6O. The van der Waals surface area contributed by atoms with Gasteiger partial charge in [-0.15, -0.1) is 0 Å². The molecule has 0 bridgehead atoms. The molecule has 0 saturated carbocycles. The predicted molar refractivity (Wildman–Crippen MR) is 123 cm³/mol. The van der Waals surface area contributed by atoms with E-state index in [1.165, 1.54) is 23.3 Å². The van der Waals surface area contributed by atoms with Crippen LogP contribution in [0.4, 0.5) is 10.2 Å². The highest BCUT2D eigenvalue weighted by Crippen LogP contribution is 2.28. The Balaban J connectivity index is 1.74. The van der Waals surface area contributed by atoms with Crippen LogP contribution in [0.2, 0.25) is 10.0 Å². The zero-order valence-corrected chi connectivity index (χ0v) is 18.1. The Morgan fingerprint density at radius 3 is 2.66 bits per heavy atom. The van der Waals surface area contributed by atoms with Gasteiger partial charge in [-0.3, -0.25) is 9.36 Å². The second-order valence-electron chi connectivity index (χ2n) is 7.23. The van der Waals surface area contributed by atoms with Crippen LogP contribution in [0.15, 0.2) is 59.9 Å². The van der Waals surface area contributed by atoms with E-state index in [9.17, 15) is 9.18 Å². The number of H-pyrrole nitrogens is 1.